The average molecular weight is 282 g/mol. The highest BCUT2D eigenvalue weighted by atomic mass is 16.1. The van der Waals surface area contributed by atoms with Crippen LogP contribution >= 0.6 is 0 Å². The van der Waals surface area contributed by atoms with E-state index in [2.05, 4.69) is 25.5 Å². The second kappa shape index (κ2) is 5.28. The molecular weight excluding hydrogens is 268 g/mol. The topological polar surface area (TPSA) is 85.1 Å². The van der Waals surface area contributed by atoms with Crippen LogP contribution in [0.15, 0.2) is 30.5 Å². The van der Waals surface area contributed by atoms with Gasteiger partial charge in [0.2, 0.25) is 0 Å². The maximum absolute atomic E-state index is 12.0. The summed E-state index contributed by atoms with van der Waals surface area (Å²) < 4.78 is 1.83. The molecule has 0 atom stereocenters. The van der Waals surface area contributed by atoms with Crippen molar-refractivity contribution < 1.29 is 4.79 Å². The van der Waals surface area contributed by atoms with E-state index in [0.29, 0.717) is 17.3 Å². The molecule has 0 unspecified atom stereocenters. The van der Waals surface area contributed by atoms with E-state index in [-0.39, 0.29) is 12.5 Å². The number of carbonyl (C=O) groups excluding carboxylic acids is 1. The molecule has 0 aliphatic heterocycles. The van der Waals surface area contributed by atoms with Gasteiger partial charge in [0.05, 0.1) is 6.54 Å². The first-order valence-corrected chi connectivity index (χ1v) is 6.52. The van der Waals surface area contributed by atoms with Crippen molar-refractivity contribution in [2.45, 2.75) is 20.4 Å². The largest absolute Gasteiger partial charge is 0.343 e. The fraction of sp³-hybridized carbons (Fsp3) is 0.214. The number of carbonyl (C=O) groups is 1. The number of pyridine rings is 1. The zero-order chi connectivity index (χ0) is 14.8. The highest BCUT2D eigenvalue weighted by Gasteiger charge is 2.12. The highest BCUT2D eigenvalue weighted by Crippen LogP contribution is 2.08. The van der Waals surface area contributed by atoms with Crippen molar-refractivity contribution in [2.24, 2.45) is 0 Å². The van der Waals surface area contributed by atoms with E-state index >= 15 is 0 Å². The van der Waals surface area contributed by atoms with Crippen LogP contribution in [0.1, 0.15) is 27.7 Å². The Bertz CT molecular complexity index is 796. The average Bonchev–Trinajstić information content (AvgIpc) is 2.89. The van der Waals surface area contributed by atoms with Gasteiger partial charge in [0.25, 0.3) is 11.7 Å². The molecule has 0 radical (unpaired) electrons. The molecule has 0 spiro atoms. The normalized spacial score (nSPS) is 10.8. The standard InChI is InChI=1S/C14H14N6O/c1-9-7-10(2)20-12(18-19-14(20)17-9)8-16-13(21)11-5-3-4-6-15-11/h3-7H,8H2,1-2H3,(H,16,21). The van der Waals surface area contributed by atoms with Crippen LogP contribution in [0.4, 0.5) is 0 Å². The van der Waals surface area contributed by atoms with E-state index in [4.69, 9.17) is 0 Å². The number of rotatable bonds is 3. The van der Waals surface area contributed by atoms with Crippen molar-refractivity contribution in [1.29, 1.82) is 0 Å². The van der Waals surface area contributed by atoms with E-state index in [1.54, 1.807) is 24.4 Å². The van der Waals surface area contributed by atoms with Crippen LogP contribution in [0.25, 0.3) is 5.78 Å². The number of aromatic nitrogens is 5. The van der Waals surface area contributed by atoms with Gasteiger partial charge in [-0.1, -0.05) is 6.07 Å². The Kier molecular flexibility index (Phi) is 3.31. The lowest BCUT2D eigenvalue weighted by Gasteiger charge is -2.05. The number of nitrogens with zero attached hydrogens (tertiary/aromatic N) is 5. The second-order valence-corrected chi connectivity index (χ2v) is 4.69. The molecule has 0 aromatic carbocycles. The summed E-state index contributed by atoms with van der Waals surface area (Å²) in [6.07, 6.45) is 1.58. The summed E-state index contributed by atoms with van der Waals surface area (Å²) in [4.78, 5) is 20.3. The van der Waals surface area contributed by atoms with Crippen LogP contribution in [-0.4, -0.2) is 30.5 Å². The summed E-state index contributed by atoms with van der Waals surface area (Å²) in [5.41, 5.74) is 2.23. The Labute approximate surface area is 121 Å². The maximum Gasteiger partial charge on any atom is 0.270 e. The van der Waals surface area contributed by atoms with Gasteiger partial charge < -0.3 is 5.32 Å². The third kappa shape index (κ3) is 2.58. The molecular formula is C14H14N6O. The zero-order valence-corrected chi connectivity index (χ0v) is 11.7. The number of aryl methyl sites for hydroxylation is 2. The minimum Gasteiger partial charge on any atom is -0.343 e. The number of amides is 1. The van der Waals surface area contributed by atoms with Crippen LogP contribution in [0.3, 0.4) is 0 Å². The monoisotopic (exact) mass is 282 g/mol. The molecule has 21 heavy (non-hydrogen) atoms. The summed E-state index contributed by atoms with van der Waals surface area (Å²) in [5, 5.41) is 10.9. The van der Waals surface area contributed by atoms with Gasteiger partial charge in [0.15, 0.2) is 5.82 Å². The van der Waals surface area contributed by atoms with Crippen LogP contribution in [0, 0.1) is 13.8 Å². The number of nitrogens with one attached hydrogen (secondary N) is 1. The van der Waals surface area contributed by atoms with Gasteiger partial charge in [0.1, 0.15) is 5.69 Å². The Morgan fingerprint density at radius 2 is 2.14 bits per heavy atom. The molecule has 0 saturated carbocycles. The third-order valence-corrected chi connectivity index (χ3v) is 3.06. The minimum absolute atomic E-state index is 0.245. The molecule has 7 heteroatoms. The Hall–Kier alpha value is -2.83. The van der Waals surface area contributed by atoms with Crippen molar-refractivity contribution in [1.82, 2.24) is 29.9 Å². The molecule has 106 valence electrons. The number of hydrogen-bond acceptors (Lipinski definition) is 5. The molecule has 3 aromatic heterocycles. The molecule has 7 nitrogen and oxygen atoms in total. The summed E-state index contributed by atoms with van der Waals surface area (Å²) in [5.74, 6) is 0.930. The van der Waals surface area contributed by atoms with Gasteiger partial charge in [-0.25, -0.2) is 4.98 Å². The maximum atomic E-state index is 12.0. The smallest absolute Gasteiger partial charge is 0.270 e. The van der Waals surface area contributed by atoms with E-state index in [1.807, 2.05) is 24.3 Å². The lowest BCUT2D eigenvalue weighted by atomic mass is 10.3. The van der Waals surface area contributed by atoms with E-state index < -0.39 is 0 Å². The Balaban J connectivity index is 1.82. The lowest BCUT2D eigenvalue weighted by Crippen LogP contribution is -2.25. The SMILES string of the molecule is Cc1cc(C)n2c(CNC(=O)c3ccccn3)nnc2n1. The summed E-state index contributed by atoms with van der Waals surface area (Å²) in [6, 6.07) is 7.14. The van der Waals surface area contributed by atoms with Gasteiger partial charge in [-0.3, -0.25) is 14.2 Å². The summed E-state index contributed by atoms with van der Waals surface area (Å²) in [7, 11) is 0. The van der Waals surface area contributed by atoms with Gasteiger partial charge in [-0.05, 0) is 32.0 Å². The molecule has 0 saturated heterocycles. The molecule has 1 N–H and O–H groups in total. The van der Waals surface area contributed by atoms with Crippen molar-refractivity contribution >= 4 is 11.7 Å². The van der Waals surface area contributed by atoms with Crippen molar-refractivity contribution in [2.75, 3.05) is 0 Å². The van der Waals surface area contributed by atoms with Crippen LogP contribution in [0.5, 0.6) is 0 Å². The molecule has 0 aliphatic carbocycles. The number of fused-ring (bicyclic) bond motifs is 1. The molecule has 0 aliphatic rings. The highest BCUT2D eigenvalue weighted by molar-refractivity contribution is 5.92. The van der Waals surface area contributed by atoms with Gasteiger partial charge in [-0.15, -0.1) is 10.2 Å². The first-order chi connectivity index (χ1) is 10.1. The summed E-state index contributed by atoms with van der Waals surface area (Å²) >= 11 is 0. The van der Waals surface area contributed by atoms with Crippen LogP contribution in [0.2, 0.25) is 0 Å². The van der Waals surface area contributed by atoms with E-state index in [1.165, 1.54) is 0 Å². The molecule has 1 amide bonds. The molecule has 3 rings (SSSR count). The van der Waals surface area contributed by atoms with Crippen LogP contribution < -0.4 is 5.32 Å². The van der Waals surface area contributed by atoms with Gasteiger partial charge >= 0.3 is 0 Å². The van der Waals surface area contributed by atoms with Gasteiger partial charge in [-0.2, -0.15) is 0 Å². The summed E-state index contributed by atoms with van der Waals surface area (Å²) in [6.45, 7) is 4.13. The predicted molar refractivity (Wildman–Crippen MR) is 75.7 cm³/mol. The third-order valence-electron chi connectivity index (χ3n) is 3.06. The lowest BCUT2D eigenvalue weighted by molar-refractivity contribution is 0.0944. The fourth-order valence-corrected chi connectivity index (χ4v) is 2.16. The minimum atomic E-state index is -0.245. The van der Waals surface area contributed by atoms with Crippen molar-refractivity contribution in [3.63, 3.8) is 0 Å². The van der Waals surface area contributed by atoms with E-state index in [0.717, 1.165) is 11.4 Å². The van der Waals surface area contributed by atoms with E-state index in [9.17, 15) is 4.79 Å². The van der Waals surface area contributed by atoms with Crippen molar-refractivity contribution in [3.8, 4) is 0 Å². The Morgan fingerprint density at radius 1 is 1.29 bits per heavy atom. The molecule has 3 heterocycles. The molecule has 0 bridgehead atoms. The molecule has 0 fully saturated rings. The first kappa shape index (κ1) is 13.2. The second-order valence-electron chi connectivity index (χ2n) is 4.69. The first-order valence-electron chi connectivity index (χ1n) is 6.52. The quantitative estimate of drug-likeness (QED) is 0.776. The zero-order valence-electron chi connectivity index (χ0n) is 11.7. The fourth-order valence-electron chi connectivity index (χ4n) is 2.16. The Morgan fingerprint density at radius 3 is 2.90 bits per heavy atom. The van der Waals surface area contributed by atoms with Gasteiger partial charge in [0, 0.05) is 17.6 Å². The number of hydrogen-bond donors (Lipinski definition) is 1. The predicted octanol–water partition coefficient (Wildman–Crippen LogP) is 1.07. The van der Waals surface area contributed by atoms with Crippen LogP contribution in [-0.2, 0) is 6.54 Å². The molecule has 3 aromatic rings. The van der Waals surface area contributed by atoms with Crippen molar-refractivity contribution in [3.05, 3.63) is 53.4 Å².